The summed E-state index contributed by atoms with van der Waals surface area (Å²) in [5.41, 5.74) is 1.88. The molecule has 0 spiro atoms. The van der Waals surface area contributed by atoms with E-state index in [2.05, 4.69) is 19.9 Å². The van der Waals surface area contributed by atoms with Crippen molar-refractivity contribution in [3.63, 3.8) is 0 Å². The molecule has 1 aromatic carbocycles. The molecule has 0 saturated carbocycles. The smallest absolute Gasteiger partial charge is 0.338 e. The first kappa shape index (κ1) is 12.9. The number of carbonyl (C=O) groups excluding carboxylic acids is 1. The van der Waals surface area contributed by atoms with E-state index in [0.29, 0.717) is 11.5 Å². The summed E-state index contributed by atoms with van der Waals surface area (Å²) in [4.78, 5) is 11.9. The molecular weight excluding hydrogens is 224 g/mol. The molecule has 18 heavy (non-hydrogen) atoms. The van der Waals surface area contributed by atoms with Crippen molar-refractivity contribution in [1.82, 2.24) is 0 Å². The van der Waals surface area contributed by atoms with E-state index in [1.54, 1.807) is 0 Å². The van der Waals surface area contributed by atoms with Gasteiger partial charge in [0, 0.05) is 0 Å². The van der Waals surface area contributed by atoms with Gasteiger partial charge in [-0.3, -0.25) is 0 Å². The van der Waals surface area contributed by atoms with Gasteiger partial charge in [-0.15, -0.1) is 0 Å². The number of hydrogen-bond acceptors (Lipinski definition) is 2. The maximum atomic E-state index is 11.9. The molecule has 0 unspecified atom stereocenters. The average Bonchev–Trinajstić information content (AvgIpc) is 2.40. The van der Waals surface area contributed by atoms with Crippen LogP contribution in [0.1, 0.15) is 54.9 Å². The van der Waals surface area contributed by atoms with Crippen molar-refractivity contribution < 1.29 is 9.53 Å². The van der Waals surface area contributed by atoms with Crippen LogP contribution in [0.5, 0.6) is 0 Å². The molecule has 0 bridgehead atoms. The number of esters is 1. The topological polar surface area (TPSA) is 26.3 Å². The Morgan fingerprint density at radius 3 is 2.56 bits per heavy atom. The van der Waals surface area contributed by atoms with Crippen molar-refractivity contribution in [2.75, 3.05) is 0 Å². The lowest BCUT2D eigenvalue weighted by molar-refractivity contribution is 0.0370. The molecular formula is C16H20O2. The lowest BCUT2D eigenvalue weighted by Crippen LogP contribution is -2.17. The highest BCUT2D eigenvalue weighted by molar-refractivity contribution is 5.89. The van der Waals surface area contributed by atoms with Crippen LogP contribution in [0.4, 0.5) is 0 Å². The van der Waals surface area contributed by atoms with Crippen molar-refractivity contribution in [2.45, 2.75) is 45.1 Å². The van der Waals surface area contributed by atoms with Crippen LogP contribution in [-0.4, -0.2) is 12.1 Å². The zero-order valence-electron chi connectivity index (χ0n) is 11.1. The van der Waals surface area contributed by atoms with Crippen LogP contribution in [-0.2, 0) is 4.74 Å². The van der Waals surface area contributed by atoms with E-state index >= 15 is 0 Å². The van der Waals surface area contributed by atoms with Gasteiger partial charge in [-0.2, -0.15) is 0 Å². The Kier molecular flexibility index (Phi) is 4.19. The maximum Gasteiger partial charge on any atom is 0.338 e. The molecule has 1 aromatic rings. The zero-order chi connectivity index (χ0) is 13.0. The van der Waals surface area contributed by atoms with Crippen LogP contribution in [0.25, 0.3) is 0 Å². The fourth-order valence-electron chi connectivity index (χ4n) is 2.09. The first-order valence-corrected chi connectivity index (χ1v) is 6.64. The average molecular weight is 244 g/mol. The highest BCUT2D eigenvalue weighted by Crippen LogP contribution is 2.18. The van der Waals surface area contributed by atoms with Crippen LogP contribution >= 0.6 is 0 Å². The predicted octanol–water partition coefficient (Wildman–Crippen LogP) is 4.08. The van der Waals surface area contributed by atoms with Crippen LogP contribution in [0, 0.1) is 0 Å². The zero-order valence-corrected chi connectivity index (χ0v) is 11.1. The summed E-state index contributed by atoms with van der Waals surface area (Å²) < 4.78 is 5.45. The number of hydrogen-bond donors (Lipinski definition) is 0. The van der Waals surface area contributed by atoms with E-state index in [0.717, 1.165) is 19.3 Å². The Labute approximate surface area is 109 Å². The third kappa shape index (κ3) is 3.22. The van der Waals surface area contributed by atoms with E-state index in [1.165, 1.54) is 5.56 Å². The summed E-state index contributed by atoms with van der Waals surface area (Å²) >= 11 is 0. The molecule has 0 amide bonds. The maximum absolute atomic E-state index is 11.9. The van der Waals surface area contributed by atoms with Gasteiger partial charge < -0.3 is 4.74 Å². The number of carbonyl (C=O) groups is 1. The first-order valence-electron chi connectivity index (χ1n) is 6.64. The molecule has 2 rings (SSSR count). The molecule has 0 saturated heterocycles. The van der Waals surface area contributed by atoms with Gasteiger partial charge >= 0.3 is 5.97 Å². The van der Waals surface area contributed by atoms with Gasteiger partial charge in [0.05, 0.1) is 5.56 Å². The predicted molar refractivity (Wildman–Crippen MR) is 72.7 cm³/mol. The fraction of sp³-hybridized carbons (Fsp3) is 0.438. The molecule has 96 valence electrons. The van der Waals surface area contributed by atoms with Crippen molar-refractivity contribution in [3.8, 4) is 0 Å². The van der Waals surface area contributed by atoms with Crippen molar-refractivity contribution in [1.29, 1.82) is 0 Å². The van der Waals surface area contributed by atoms with Gasteiger partial charge in [0.15, 0.2) is 0 Å². The monoisotopic (exact) mass is 244 g/mol. The first-order chi connectivity index (χ1) is 8.66. The molecule has 2 nitrogen and oxygen atoms in total. The molecule has 2 heteroatoms. The van der Waals surface area contributed by atoms with Crippen molar-refractivity contribution in [3.05, 3.63) is 47.5 Å². The highest BCUT2D eigenvalue weighted by Gasteiger charge is 2.15. The Bertz CT molecular complexity index is 429. The number of allylic oxidation sites excluding steroid dienone is 1. The summed E-state index contributed by atoms with van der Waals surface area (Å²) in [6, 6.07) is 7.70. The Morgan fingerprint density at radius 1 is 1.28 bits per heavy atom. The van der Waals surface area contributed by atoms with Crippen LogP contribution in [0.2, 0.25) is 0 Å². The largest absolute Gasteiger partial charge is 0.455 e. The summed E-state index contributed by atoms with van der Waals surface area (Å²) in [5.74, 6) is 0.262. The summed E-state index contributed by atoms with van der Waals surface area (Å²) in [7, 11) is 0. The minimum Gasteiger partial charge on any atom is -0.455 e. The summed E-state index contributed by atoms with van der Waals surface area (Å²) in [5, 5.41) is 0. The SMILES string of the molecule is CC(C)c1ccc(C(=O)O[C@@H]2C=CCCC2)cc1. The molecule has 0 N–H and O–H groups in total. The molecule has 1 aliphatic carbocycles. The van der Waals surface area contributed by atoms with E-state index in [-0.39, 0.29) is 12.1 Å². The molecule has 0 heterocycles. The Hall–Kier alpha value is -1.57. The lowest BCUT2D eigenvalue weighted by atomic mass is 10.0. The lowest BCUT2D eigenvalue weighted by Gasteiger charge is -2.17. The van der Waals surface area contributed by atoms with Crippen molar-refractivity contribution in [2.24, 2.45) is 0 Å². The molecule has 0 fully saturated rings. The van der Waals surface area contributed by atoms with Gasteiger partial charge in [0.25, 0.3) is 0 Å². The van der Waals surface area contributed by atoms with E-state index < -0.39 is 0 Å². The highest BCUT2D eigenvalue weighted by atomic mass is 16.5. The fourth-order valence-corrected chi connectivity index (χ4v) is 2.09. The minimum atomic E-state index is -0.221. The Balaban J connectivity index is 2.00. The molecule has 0 aliphatic heterocycles. The Morgan fingerprint density at radius 2 is 2.00 bits per heavy atom. The number of ether oxygens (including phenoxy) is 1. The number of rotatable bonds is 3. The van der Waals surface area contributed by atoms with Crippen molar-refractivity contribution >= 4 is 5.97 Å². The van der Waals surface area contributed by atoms with Gasteiger partial charge in [0.2, 0.25) is 0 Å². The second-order valence-electron chi connectivity index (χ2n) is 5.08. The third-order valence-corrected chi connectivity index (χ3v) is 3.28. The summed E-state index contributed by atoms with van der Waals surface area (Å²) in [6.07, 6.45) is 7.16. The van der Waals surface area contributed by atoms with Gasteiger partial charge in [0.1, 0.15) is 6.10 Å². The van der Waals surface area contributed by atoms with Crippen LogP contribution < -0.4 is 0 Å². The third-order valence-electron chi connectivity index (χ3n) is 3.28. The van der Waals surface area contributed by atoms with E-state index in [1.807, 2.05) is 30.3 Å². The molecule has 1 atom stereocenters. The molecule has 1 aliphatic rings. The molecule has 0 aromatic heterocycles. The number of benzene rings is 1. The van der Waals surface area contributed by atoms with Crippen LogP contribution in [0.15, 0.2) is 36.4 Å². The van der Waals surface area contributed by atoms with Gasteiger partial charge in [-0.1, -0.05) is 32.1 Å². The van der Waals surface area contributed by atoms with Gasteiger partial charge in [-0.05, 0) is 49.0 Å². The van der Waals surface area contributed by atoms with Gasteiger partial charge in [-0.25, -0.2) is 4.79 Å². The quantitative estimate of drug-likeness (QED) is 0.591. The standard InChI is InChI=1S/C16H20O2/c1-12(2)13-8-10-14(11-9-13)16(17)18-15-6-4-3-5-7-15/h4,6,8-12,15H,3,5,7H2,1-2H3/t15-/m1/s1. The normalized spacial score (nSPS) is 18.9. The van der Waals surface area contributed by atoms with Crippen LogP contribution in [0.3, 0.4) is 0 Å². The molecule has 0 radical (unpaired) electrons. The second-order valence-corrected chi connectivity index (χ2v) is 5.08. The second kappa shape index (κ2) is 5.85. The minimum absolute atomic E-state index is 0.0453. The van der Waals surface area contributed by atoms with E-state index in [9.17, 15) is 4.79 Å². The van der Waals surface area contributed by atoms with E-state index in [4.69, 9.17) is 4.74 Å². The summed E-state index contributed by atoms with van der Waals surface area (Å²) in [6.45, 7) is 4.28.